The molecular weight excluding hydrogens is 236 g/mol. The fourth-order valence-electron chi connectivity index (χ4n) is 1.36. The molecule has 0 amide bonds. The van der Waals surface area contributed by atoms with Crippen LogP contribution in [0.2, 0.25) is 0 Å². The Morgan fingerprint density at radius 3 is 2.82 bits per heavy atom. The number of hydrogen-bond donors (Lipinski definition) is 2. The van der Waals surface area contributed by atoms with Gasteiger partial charge in [0.05, 0.1) is 11.0 Å². The number of nitrogens with zero attached hydrogens (tertiary/aromatic N) is 2. The lowest BCUT2D eigenvalue weighted by atomic mass is 10.2. The molecule has 0 spiro atoms. The van der Waals surface area contributed by atoms with Gasteiger partial charge in [-0.25, -0.2) is 15.8 Å². The van der Waals surface area contributed by atoms with Crippen LogP contribution in [0.15, 0.2) is 11.4 Å². The molecule has 0 atom stereocenters. The summed E-state index contributed by atoms with van der Waals surface area (Å²) in [6.07, 6.45) is 0. The van der Waals surface area contributed by atoms with E-state index in [-0.39, 0.29) is 5.60 Å². The molecular formula is C11H16N4OS. The van der Waals surface area contributed by atoms with Crippen LogP contribution in [0.25, 0.3) is 10.2 Å². The van der Waals surface area contributed by atoms with Crippen molar-refractivity contribution in [2.75, 3.05) is 5.43 Å². The van der Waals surface area contributed by atoms with Crippen molar-refractivity contribution in [1.29, 1.82) is 0 Å². The molecule has 17 heavy (non-hydrogen) atoms. The standard InChI is InChI=1S/C11H16N4OS/c1-11(2,3)16-6-8-13-9(15-12)7-4-5-17-10(7)14-8/h4-5H,6,12H2,1-3H3,(H,13,14,15). The van der Waals surface area contributed by atoms with E-state index in [1.54, 1.807) is 11.3 Å². The van der Waals surface area contributed by atoms with Crippen LogP contribution in [0.4, 0.5) is 5.82 Å². The molecule has 0 aromatic carbocycles. The summed E-state index contributed by atoms with van der Waals surface area (Å²) in [6, 6.07) is 1.95. The van der Waals surface area contributed by atoms with Crippen LogP contribution in [-0.4, -0.2) is 15.6 Å². The first kappa shape index (κ1) is 12.2. The largest absolute Gasteiger partial charge is 0.368 e. The second-order valence-electron chi connectivity index (χ2n) is 4.67. The van der Waals surface area contributed by atoms with Gasteiger partial charge in [-0.3, -0.25) is 0 Å². The number of hydrazine groups is 1. The molecule has 0 radical (unpaired) electrons. The van der Waals surface area contributed by atoms with Crippen molar-refractivity contribution >= 4 is 27.4 Å². The third kappa shape index (κ3) is 2.91. The van der Waals surface area contributed by atoms with E-state index in [0.717, 1.165) is 10.2 Å². The zero-order valence-electron chi connectivity index (χ0n) is 10.2. The quantitative estimate of drug-likeness (QED) is 0.647. The van der Waals surface area contributed by atoms with Crippen LogP contribution in [0, 0.1) is 0 Å². The Balaban J connectivity index is 2.29. The van der Waals surface area contributed by atoms with E-state index >= 15 is 0 Å². The van der Waals surface area contributed by atoms with E-state index in [1.807, 2.05) is 32.2 Å². The van der Waals surface area contributed by atoms with Gasteiger partial charge in [0.1, 0.15) is 11.4 Å². The molecule has 92 valence electrons. The van der Waals surface area contributed by atoms with Gasteiger partial charge in [0.25, 0.3) is 0 Å². The molecule has 0 fully saturated rings. The summed E-state index contributed by atoms with van der Waals surface area (Å²) in [4.78, 5) is 9.68. The van der Waals surface area contributed by atoms with Crippen molar-refractivity contribution in [3.8, 4) is 0 Å². The normalized spacial score (nSPS) is 12.0. The Morgan fingerprint density at radius 2 is 2.18 bits per heavy atom. The van der Waals surface area contributed by atoms with E-state index in [0.29, 0.717) is 18.2 Å². The molecule has 0 unspecified atom stereocenters. The fourth-order valence-corrected chi connectivity index (χ4v) is 2.14. The number of thiophene rings is 1. The minimum Gasteiger partial charge on any atom is -0.368 e. The maximum absolute atomic E-state index is 5.65. The van der Waals surface area contributed by atoms with Crippen LogP contribution in [0.5, 0.6) is 0 Å². The number of nitrogens with one attached hydrogen (secondary N) is 1. The van der Waals surface area contributed by atoms with Gasteiger partial charge in [0.2, 0.25) is 0 Å². The number of aromatic nitrogens is 2. The van der Waals surface area contributed by atoms with Crippen molar-refractivity contribution in [3.05, 3.63) is 17.3 Å². The zero-order valence-corrected chi connectivity index (χ0v) is 11.0. The van der Waals surface area contributed by atoms with Gasteiger partial charge in [0, 0.05) is 0 Å². The van der Waals surface area contributed by atoms with Gasteiger partial charge in [-0.05, 0) is 32.2 Å². The van der Waals surface area contributed by atoms with E-state index in [4.69, 9.17) is 10.6 Å². The van der Waals surface area contributed by atoms with Gasteiger partial charge in [-0.2, -0.15) is 0 Å². The maximum atomic E-state index is 5.65. The molecule has 3 N–H and O–H groups in total. The third-order valence-corrected chi connectivity index (χ3v) is 2.95. The number of hydrogen-bond acceptors (Lipinski definition) is 6. The molecule has 2 aromatic rings. The highest BCUT2D eigenvalue weighted by atomic mass is 32.1. The number of nitrogen functional groups attached to an aromatic ring is 1. The maximum Gasteiger partial charge on any atom is 0.158 e. The van der Waals surface area contributed by atoms with Crippen molar-refractivity contribution in [2.24, 2.45) is 5.84 Å². The predicted molar refractivity (Wildman–Crippen MR) is 69.8 cm³/mol. The van der Waals surface area contributed by atoms with Crippen molar-refractivity contribution in [2.45, 2.75) is 33.0 Å². The lowest BCUT2D eigenvalue weighted by Gasteiger charge is -2.18. The zero-order chi connectivity index (χ0) is 12.5. The molecule has 0 aliphatic carbocycles. The van der Waals surface area contributed by atoms with E-state index in [9.17, 15) is 0 Å². The molecule has 0 saturated heterocycles. The number of rotatable bonds is 3. The Hall–Kier alpha value is -1.24. The number of anilines is 1. The monoisotopic (exact) mass is 252 g/mol. The van der Waals surface area contributed by atoms with E-state index in [2.05, 4.69) is 15.4 Å². The van der Waals surface area contributed by atoms with Crippen LogP contribution < -0.4 is 11.3 Å². The highest BCUT2D eigenvalue weighted by molar-refractivity contribution is 7.16. The van der Waals surface area contributed by atoms with Crippen molar-refractivity contribution in [1.82, 2.24) is 9.97 Å². The summed E-state index contributed by atoms with van der Waals surface area (Å²) in [6.45, 7) is 6.38. The average molecular weight is 252 g/mol. The van der Waals surface area contributed by atoms with E-state index in [1.165, 1.54) is 0 Å². The second-order valence-corrected chi connectivity index (χ2v) is 5.57. The molecule has 5 nitrogen and oxygen atoms in total. The van der Waals surface area contributed by atoms with Crippen LogP contribution in [-0.2, 0) is 11.3 Å². The highest BCUT2D eigenvalue weighted by Gasteiger charge is 2.13. The topological polar surface area (TPSA) is 73.1 Å². The minimum atomic E-state index is -0.204. The van der Waals surface area contributed by atoms with Crippen LogP contribution in [0.1, 0.15) is 26.6 Å². The van der Waals surface area contributed by atoms with Crippen molar-refractivity contribution in [3.63, 3.8) is 0 Å². The molecule has 0 bridgehead atoms. The Kier molecular flexibility index (Phi) is 3.28. The smallest absolute Gasteiger partial charge is 0.158 e. The lowest BCUT2D eigenvalue weighted by Crippen LogP contribution is -2.20. The number of fused-ring (bicyclic) bond motifs is 1. The summed E-state index contributed by atoms with van der Waals surface area (Å²) in [7, 11) is 0. The molecule has 2 aromatic heterocycles. The predicted octanol–water partition coefficient (Wildman–Crippen LogP) is 2.29. The first-order chi connectivity index (χ1) is 7.99. The van der Waals surface area contributed by atoms with Gasteiger partial charge >= 0.3 is 0 Å². The minimum absolute atomic E-state index is 0.204. The Bertz CT molecular complexity index is 518. The molecule has 2 rings (SSSR count). The third-order valence-electron chi connectivity index (χ3n) is 2.14. The second kappa shape index (κ2) is 4.56. The summed E-state index contributed by atoms with van der Waals surface area (Å²) in [5.74, 6) is 6.73. The van der Waals surface area contributed by atoms with Gasteiger partial charge in [-0.15, -0.1) is 11.3 Å². The molecule has 2 heterocycles. The summed E-state index contributed by atoms with van der Waals surface area (Å²) in [5, 5.41) is 2.91. The SMILES string of the molecule is CC(C)(C)OCc1nc(NN)c2ccsc2n1. The van der Waals surface area contributed by atoms with Crippen LogP contribution in [0.3, 0.4) is 0 Å². The van der Waals surface area contributed by atoms with E-state index < -0.39 is 0 Å². The first-order valence-corrected chi connectivity index (χ1v) is 6.22. The van der Waals surface area contributed by atoms with Gasteiger partial charge in [0.15, 0.2) is 11.6 Å². The Labute approximate surface area is 104 Å². The number of ether oxygens (including phenoxy) is 1. The lowest BCUT2D eigenvalue weighted by molar-refractivity contribution is -0.0179. The molecule has 0 saturated carbocycles. The highest BCUT2D eigenvalue weighted by Crippen LogP contribution is 2.24. The summed E-state index contributed by atoms with van der Waals surface area (Å²) in [5.41, 5.74) is 2.39. The summed E-state index contributed by atoms with van der Waals surface area (Å²) < 4.78 is 5.65. The molecule has 6 heteroatoms. The van der Waals surface area contributed by atoms with Crippen LogP contribution >= 0.6 is 11.3 Å². The number of nitrogens with two attached hydrogens (primary N) is 1. The first-order valence-electron chi connectivity index (χ1n) is 5.34. The Morgan fingerprint density at radius 1 is 1.41 bits per heavy atom. The average Bonchev–Trinajstić information content (AvgIpc) is 2.72. The van der Waals surface area contributed by atoms with Gasteiger partial charge in [-0.1, -0.05) is 0 Å². The van der Waals surface area contributed by atoms with Crippen molar-refractivity contribution < 1.29 is 4.74 Å². The molecule has 0 aliphatic heterocycles. The molecule has 0 aliphatic rings. The fraction of sp³-hybridized carbons (Fsp3) is 0.455. The summed E-state index contributed by atoms with van der Waals surface area (Å²) >= 11 is 1.56. The van der Waals surface area contributed by atoms with Gasteiger partial charge < -0.3 is 10.2 Å².